The lowest BCUT2D eigenvalue weighted by Crippen LogP contribution is -1.88. The van der Waals surface area contributed by atoms with Crippen LogP contribution in [0.25, 0.3) is 34.2 Å². The zero-order valence-electron chi connectivity index (χ0n) is 15.6. The number of furan rings is 1. The Balaban J connectivity index is 1.64. The van der Waals surface area contributed by atoms with Gasteiger partial charge in [0.25, 0.3) is 5.69 Å². The van der Waals surface area contributed by atoms with Gasteiger partial charge in [-0.1, -0.05) is 41.4 Å². The van der Waals surface area contributed by atoms with Crippen molar-refractivity contribution in [2.45, 2.75) is 0 Å². The first-order chi connectivity index (χ1) is 15.0. The molecule has 0 amide bonds. The van der Waals surface area contributed by atoms with Gasteiger partial charge in [0.2, 0.25) is 0 Å². The Hall–Kier alpha value is -3.44. The minimum atomic E-state index is -0.460. The number of benzene rings is 2. The molecule has 4 aromatic rings. The summed E-state index contributed by atoms with van der Waals surface area (Å²) in [4.78, 5) is 15.0. The summed E-state index contributed by atoms with van der Waals surface area (Å²) in [5.74, 6) is 0.974. The van der Waals surface area contributed by atoms with E-state index >= 15 is 0 Å². The summed E-state index contributed by atoms with van der Waals surface area (Å²) in [6.45, 7) is 0. The van der Waals surface area contributed by atoms with Gasteiger partial charge in [-0.15, -0.1) is 11.3 Å². The maximum atomic E-state index is 11.0. The molecule has 0 aliphatic heterocycles. The zero-order valence-corrected chi connectivity index (χ0v) is 17.9. The first-order valence-corrected chi connectivity index (χ1v) is 10.5. The van der Waals surface area contributed by atoms with Crippen LogP contribution in [0.2, 0.25) is 10.0 Å². The van der Waals surface area contributed by atoms with Crippen molar-refractivity contribution in [1.29, 1.82) is 5.26 Å². The van der Waals surface area contributed by atoms with E-state index in [9.17, 15) is 15.4 Å². The molecule has 0 fully saturated rings. The largest absolute Gasteiger partial charge is 0.457 e. The molecular weight excluding hydrogens is 457 g/mol. The van der Waals surface area contributed by atoms with Crippen molar-refractivity contribution >= 4 is 51.9 Å². The second-order valence-corrected chi connectivity index (χ2v) is 7.96. The van der Waals surface area contributed by atoms with Crippen molar-refractivity contribution in [2.24, 2.45) is 0 Å². The van der Waals surface area contributed by atoms with Gasteiger partial charge in [0.15, 0.2) is 0 Å². The predicted octanol–water partition coefficient (Wildman–Crippen LogP) is 7.35. The molecule has 0 N–H and O–H groups in total. The molecule has 0 aliphatic rings. The van der Waals surface area contributed by atoms with E-state index < -0.39 is 4.92 Å². The van der Waals surface area contributed by atoms with E-state index in [0.29, 0.717) is 49.0 Å². The standard InChI is InChI=1S/C22H11Cl2N3O3S/c23-18-6-2-5-17(21(18)24)20-8-7-16(30-20)10-14(11-25)22-26-19(12-31-22)13-3-1-4-15(9-13)27(28)29/h1-10,12H/b14-10+. The average molecular weight is 468 g/mol. The van der Waals surface area contributed by atoms with Crippen molar-refractivity contribution in [3.05, 3.63) is 90.9 Å². The molecule has 2 heterocycles. The molecule has 0 spiro atoms. The monoisotopic (exact) mass is 467 g/mol. The maximum Gasteiger partial charge on any atom is 0.270 e. The number of nitrogens with zero attached hydrogens (tertiary/aromatic N) is 3. The van der Waals surface area contributed by atoms with E-state index in [1.807, 2.05) is 0 Å². The Morgan fingerprint density at radius 2 is 2.00 bits per heavy atom. The lowest BCUT2D eigenvalue weighted by Gasteiger charge is -2.02. The summed E-state index contributed by atoms with van der Waals surface area (Å²) in [5, 5.41) is 23.6. The summed E-state index contributed by atoms with van der Waals surface area (Å²) in [7, 11) is 0. The fourth-order valence-corrected chi connectivity index (χ4v) is 4.05. The number of non-ortho nitro benzene ring substituents is 1. The molecule has 0 aliphatic carbocycles. The quantitative estimate of drug-likeness (QED) is 0.173. The molecule has 0 atom stereocenters. The number of nitriles is 1. The molecule has 31 heavy (non-hydrogen) atoms. The van der Waals surface area contributed by atoms with Gasteiger partial charge in [-0.3, -0.25) is 10.1 Å². The zero-order chi connectivity index (χ0) is 22.0. The van der Waals surface area contributed by atoms with Crippen LogP contribution in [0, 0.1) is 21.4 Å². The first kappa shape index (κ1) is 20.8. The van der Waals surface area contributed by atoms with Gasteiger partial charge in [-0.25, -0.2) is 4.98 Å². The minimum Gasteiger partial charge on any atom is -0.457 e. The van der Waals surface area contributed by atoms with Gasteiger partial charge in [-0.2, -0.15) is 5.26 Å². The van der Waals surface area contributed by atoms with Crippen LogP contribution in [-0.2, 0) is 0 Å². The second-order valence-electron chi connectivity index (χ2n) is 6.32. The number of hydrogen-bond donors (Lipinski definition) is 0. The van der Waals surface area contributed by atoms with Crippen LogP contribution in [0.1, 0.15) is 10.8 Å². The third-order valence-electron chi connectivity index (χ3n) is 4.34. The van der Waals surface area contributed by atoms with E-state index in [-0.39, 0.29) is 5.69 Å². The Labute approximate surface area is 190 Å². The molecule has 0 saturated heterocycles. The maximum absolute atomic E-state index is 11.0. The molecule has 0 saturated carbocycles. The molecule has 6 nitrogen and oxygen atoms in total. The number of nitro benzene ring substituents is 1. The van der Waals surface area contributed by atoms with Crippen molar-refractivity contribution in [1.82, 2.24) is 4.98 Å². The normalized spacial score (nSPS) is 11.3. The lowest BCUT2D eigenvalue weighted by atomic mass is 10.1. The third kappa shape index (κ3) is 4.37. The van der Waals surface area contributed by atoms with E-state index in [0.717, 1.165) is 0 Å². The molecule has 2 aromatic heterocycles. The van der Waals surface area contributed by atoms with Gasteiger partial charge >= 0.3 is 0 Å². The number of hydrogen-bond acceptors (Lipinski definition) is 6. The lowest BCUT2D eigenvalue weighted by molar-refractivity contribution is -0.384. The molecule has 152 valence electrons. The van der Waals surface area contributed by atoms with Gasteiger partial charge in [0, 0.05) is 34.7 Å². The molecule has 4 rings (SSSR count). The SMILES string of the molecule is N#C/C(=C\c1ccc(-c2cccc(Cl)c2Cl)o1)c1nc(-c2cccc([N+](=O)[O-])c2)cs1. The van der Waals surface area contributed by atoms with E-state index in [4.69, 9.17) is 27.6 Å². The Morgan fingerprint density at radius 1 is 1.19 bits per heavy atom. The number of aromatic nitrogens is 1. The Kier molecular flexibility index (Phi) is 5.87. The molecule has 0 radical (unpaired) electrons. The minimum absolute atomic E-state index is 0.0223. The average Bonchev–Trinajstić information content (AvgIpc) is 3.44. The second kappa shape index (κ2) is 8.74. The summed E-state index contributed by atoms with van der Waals surface area (Å²) in [6.07, 6.45) is 1.58. The summed E-state index contributed by atoms with van der Waals surface area (Å²) < 4.78 is 5.82. The van der Waals surface area contributed by atoms with Crippen molar-refractivity contribution in [3.8, 4) is 28.7 Å². The number of rotatable bonds is 5. The van der Waals surface area contributed by atoms with Crippen molar-refractivity contribution in [3.63, 3.8) is 0 Å². The van der Waals surface area contributed by atoms with Gasteiger partial charge in [0.05, 0.1) is 26.2 Å². The molecular formula is C22H11Cl2N3O3S. The summed E-state index contributed by atoms with van der Waals surface area (Å²) in [6, 6.07) is 17.0. The highest BCUT2D eigenvalue weighted by molar-refractivity contribution is 7.11. The highest BCUT2D eigenvalue weighted by Crippen LogP contribution is 2.35. The third-order valence-corrected chi connectivity index (χ3v) is 6.03. The van der Waals surface area contributed by atoms with Crippen LogP contribution in [-0.4, -0.2) is 9.91 Å². The van der Waals surface area contributed by atoms with Crippen molar-refractivity contribution in [2.75, 3.05) is 0 Å². The fourth-order valence-electron chi connectivity index (χ4n) is 2.86. The van der Waals surface area contributed by atoms with Crippen LogP contribution >= 0.6 is 34.5 Å². The molecule has 9 heteroatoms. The van der Waals surface area contributed by atoms with Crippen molar-refractivity contribution < 1.29 is 9.34 Å². The topological polar surface area (TPSA) is 93.0 Å². The molecule has 0 unspecified atom stereocenters. The van der Waals surface area contributed by atoms with Crippen LogP contribution in [0.5, 0.6) is 0 Å². The number of thiazole rings is 1. The highest BCUT2D eigenvalue weighted by Gasteiger charge is 2.14. The number of allylic oxidation sites excluding steroid dienone is 1. The number of halogens is 2. The molecule has 2 aromatic carbocycles. The summed E-state index contributed by atoms with van der Waals surface area (Å²) >= 11 is 13.6. The molecule has 0 bridgehead atoms. The van der Waals surface area contributed by atoms with Crippen LogP contribution in [0.15, 0.2) is 64.4 Å². The van der Waals surface area contributed by atoms with Gasteiger partial charge in [-0.05, 0) is 24.3 Å². The first-order valence-electron chi connectivity index (χ1n) is 8.83. The Morgan fingerprint density at radius 3 is 2.77 bits per heavy atom. The van der Waals surface area contributed by atoms with Gasteiger partial charge < -0.3 is 4.42 Å². The number of nitro groups is 1. The van der Waals surface area contributed by atoms with Crippen LogP contribution < -0.4 is 0 Å². The smallest absolute Gasteiger partial charge is 0.270 e. The van der Waals surface area contributed by atoms with Crippen LogP contribution in [0.3, 0.4) is 0 Å². The van der Waals surface area contributed by atoms with E-state index in [1.165, 1.54) is 23.5 Å². The predicted molar refractivity (Wildman–Crippen MR) is 122 cm³/mol. The van der Waals surface area contributed by atoms with E-state index in [2.05, 4.69) is 11.1 Å². The van der Waals surface area contributed by atoms with E-state index in [1.54, 1.807) is 53.9 Å². The fraction of sp³-hybridized carbons (Fsp3) is 0. The Bertz CT molecular complexity index is 1370. The summed E-state index contributed by atoms with van der Waals surface area (Å²) in [5.41, 5.74) is 2.08. The highest BCUT2D eigenvalue weighted by atomic mass is 35.5. The van der Waals surface area contributed by atoms with Gasteiger partial charge in [0.1, 0.15) is 22.6 Å². The van der Waals surface area contributed by atoms with Crippen LogP contribution in [0.4, 0.5) is 5.69 Å².